The third-order valence-corrected chi connectivity index (χ3v) is 2.00. The van der Waals surface area contributed by atoms with Gasteiger partial charge in [0.2, 0.25) is 0 Å². The lowest BCUT2D eigenvalue weighted by Gasteiger charge is -2.19. The highest BCUT2D eigenvalue weighted by Crippen LogP contribution is 2.10. The molecule has 0 radical (unpaired) electrons. The van der Waals surface area contributed by atoms with Gasteiger partial charge in [-0.05, 0) is 0 Å². The zero-order valence-corrected chi connectivity index (χ0v) is 5.90. The average molecular weight is 145 g/mol. The number of likely N-dealkylation sites (N-methyl/N-ethyl adjacent to an activating group) is 1. The molecular formula is C5H7NO2S. The highest BCUT2D eigenvalue weighted by molar-refractivity contribution is 8.15. The van der Waals surface area contributed by atoms with E-state index < -0.39 is 0 Å². The standard InChI is InChI=1S/C5H7NO2S/c1-6-2-3-9-5(8)4(6)7/h2-3H2,1H3. The molecule has 0 aromatic heterocycles. The second-order valence-electron chi connectivity index (χ2n) is 1.86. The van der Waals surface area contributed by atoms with Crippen LogP contribution in [0.4, 0.5) is 0 Å². The van der Waals surface area contributed by atoms with E-state index in [0.29, 0.717) is 6.54 Å². The SMILES string of the molecule is CN1CCSC(=O)C1=O. The van der Waals surface area contributed by atoms with Gasteiger partial charge in [-0.25, -0.2) is 0 Å². The van der Waals surface area contributed by atoms with E-state index in [2.05, 4.69) is 0 Å². The summed E-state index contributed by atoms with van der Waals surface area (Å²) in [5, 5.41) is -0.330. The fourth-order valence-corrected chi connectivity index (χ4v) is 1.42. The van der Waals surface area contributed by atoms with Crippen molar-refractivity contribution in [1.82, 2.24) is 4.90 Å². The topological polar surface area (TPSA) is 37.4 Å². The molecule has 1 aliphatic heterocycles. The molecule has 1 rings (SSSR count). The number of carbonyl (C=O) groups is 2. The van der Waals surface area contributed by atoms with Gasteiger partial charge in [-0.2, -0.15) is 0 Å². The lowest BCUT2D eigenvalue weighted by molar-refractivity contribution is -0.139. The number of hydrogen-bond donors (Lipinski definition) is 0. The van der Waals surface area contributed by atoms with Gasteiger partial charge in [-0.1, -0.05) is 11.8 Å². The van der Waals surface area contributed by atoms with Crippen molar-refractivity contribution < 1.29 is 9.59 Å². The first-order valence-electron chi connectivity index (χ1n) is 2.64. The fourth-order valence-electron chi connectivity index (χ4n) is 0.594. The summed E-state index contributed by atoms with van der Waals surface area (Å²) < 4.78 is 0. The summed E-state index contributed by atoms with van der Waals surface area (Å²) in [6.45, 7) is 0.690. The summed E-state index contributed by atoms with van der Waals surface area (Å²) in [6, 6.07) is 0. The molecule has 0 bridgehead atoms. The molecule has 3 nitrogen and oxygen atoms in total. The quantitative estimate of drug-likeness (QED) is 0.440. The van der Waals surface area contributed by atoms with Crippen molar-refractivity contribution >= 4 is 22.8 Å². The molecule has 1 saturated heterocycles. The van der Waals surface area contributed by atoms with Crippen LogP contribution in [0.1, 0.15) is 0 Å². The van der Waals surface area contributed by atoms with E-state index >= 15 is 0 Å². The van der Waals surface area contributed by atoms with Crippen LogP contribution in [0.25, 0.3) is 0 Å². The van der Waals surface area contributed by atoms with E-state index in [0.717, 1.165) is 17.5 Å². The van der Waals surface area contributed by atoms with Crippen molar-refractivity contribution in [1.29, 1.82) is 0 Å². The van der Waals surface area contributed by atoms with Gasteiger partial charge >= 0.3 is 5.91 Å². The molecule has 50 valence electrons. The molecule has 0 aliphatic carbocycles. The van der Waals surface area contributed by atoms with E-state index in [9.17, 15) is 9.59 Å². The lowest BCUT2D eigenvalue weighted by Crippen LogP contribution is -2.37. The van der Waals surface area contributed by atoms with Gasteiger partial charge in [-0.15, -0.1) is 0 Å². The molecule has 0 aromatic rings. The minimum Gasteiger partial charge on any atom is -0.338 e. The van der Waals surface area contributed by atoms with Gasteiger partial charge in [-0.3, -0.25) is 9.59 Å². The Labute approximate surface area is 57.4 Å². The normalized spacial score (nSPS) is 20.8. The molecule has 0 unspecified atom stereocenters. The van der Waals surface area contributed by atoms with Crippen molar-refractivity contribution in [2.24, 2.45) is 0 Å². The summed E-state index contributed by atoms with van der Waals surface area (Å²) >= 11 is 1.10. The number of nitrogens with zero attached hydrogens (tertiary/aromatic N) is 1. The average Bonchev–Trinajstić information content (AvgIpc) is 1.83. The first kappa shape index (κ1) is 6.61. The highest BCUT2D eigenvalue weighted by atomic mass is 32.2. The van der Waals surface area contributed by atoms with E-state index in [1.54, 1.807) is 7.05 Å². The number of hydrogen-bond acceptors (Lipinski definition) is 3. The van der Waals surface area contributed by atoms with Crippen molar-refractivity contribution in [2.45, 2.75) is 0 Å². The zero-order valence-electron chi connectivity index (χ0n) is 5.09. The second kappa shape index (κ2) is 2.39. The Kier molecular flexibility index (Phi) is 1.75. The molecular weight excluding hydrogens is 138 g/mol. The third kappa shape index (κ3) is 1.24. The second-order valence-corrected chi connectivity index (χ2v) is 2.93. The summed E-state index contributed by atoms with van der Waals surface area (Å²) in [5.41, 5.74) is 0. The van der Waals surface area contributed by atoms with Crippen LogP contribution in [0, 0.1) is 0 Å². The molecule has 0 aromatic carbocycles. The minimum absolute atomic E-state index is 0.330. The Morgan fingerprint density at radius 2 is 2.22 bits per heavy atom. The smallest absolute Gasteiger partial charge is 0.300 e. The maximum atomic E-state index is 10.7. The first-order valence-corrected chi connectivity index (χ1v) is 3.62. The van der Waals surface area contributed by atoms with Gasteiger partial charge in [0.25, 0.3) is 5.12 Å². The molecule has 0 N–H and O–H groups in total. The van der Waals surface area contributed by atoms with Crippen LogP contribution >= 0.6 is 11.8 Å². The molecule has 0 atom stereocenters. The van der Waals surface area contributed by atoms with E-state index in [1.165, 1.54) is 4.90 Å². The maximum absolute atomic E-state index is 10.7. The molecule has 0 spiro atoms. The van der Waals surface area contributed by atoms with Crippen LogP contribution in [0.3, 0.4) is 0 Å². The Morgan fingerprint density at radius 1 is 1.56 bits per heavy atom. The Bertz CT molecular complexity index is 157. The Morgan fingerprint density at radius 3 is 2.67 bits per heavy atom. The molecule has 4 heteroatoms. The lowest BCUT2D eigenvalue weighted by atomic mass is 10.5. The molecule has 0 saturated carbocycles. The van der Waals surface area contributed by atoms with Crippen LogP contribution in [0.15, 0.2) is 0 Å². The van der Waals surface area contributed by atoms with Gasteiger partial charge < -0.3 is 4.90 Å². The van der Waals surface area contributed by atoms with Crippen LogP contribution < -0.4 is 0 Å². The van der Waals surface area contributed by atoms with Crippen LogP contribution in [-0.4, -0.2) is 35.3 Å². The largest absolute Gasteiger partial charge is 0.338 e. The van der Waals surface area contributed by atoms with Gasteiger partial charge in [0.15, 0.2) is 0 Å². The van der Waals surface area contributed by atoms with E-state index in [1.807, 2.05) is 0 Å². The molecule has 1 aliphatic rings. The van der Waals surface area contributed by atoms with Gasteiger partial charge in [0.1, 0.15) is 0 Å². The first-order chi connectivity index (χ1) is 4.22. The predicted molar refractivity (Wildman–Crippen MR) is 35.1 cm³/mol. The van der Waals surface area contributed by atoms with Crippen LogP contribution in [0.5, 0.6) is 0 Å². The zero-order chi connectivity index (χ0) is 6.85. The molecule has 1 fully saturated rings. The Balaban J connectivity index is 2.62. The predicted octanol–water partition coefficient (Wildman–Crippen LogP) is -0.282. The molecule has 9 heavy (non-hydrogen) atoms. The maximum Gasteiger partial charge on any atom is 0.300 e. The third-order valence-electron chi connectivity index (χ3n) is 1.18. The van der Waals surface area contributed by atoms with Crippen LogP contribution in [-0.2, 0) is 9.59 Å². The summed E-state index contributed by atoms with van der Waals surface area (Å²) in [4.78, 5) is 22.7. The van der Waals surface area contributed by atoms with E-state index in [4.69, 9.17) is 0 Å². The van der Waals surface area contributed by atoms with Crippen molar-refractivity contribution in [3.63, 3.8) is 0 Å². The monoisotopic (exact) mass is 145 g/mol. The fraction of sp³-hybridized carbons (Fsp3) is 0.600. The summed E-state index contributed by atoms with van der Waals surface area (Å²) in [7, 11) is 1.64. The number of rotatable bonds is 0. The van der Waals surface area contributed by atoms with Gasteiger partial charge in [0, 0.05) is 19.3 Å². The number of amides is 1. The summed E-state index contributed by atoms with van der Waals surface area (Å²) in [6.07, 6.45) is 0. The van der Waals surface area contributed by atoms with Crippen molar-refractivity contribution in [3.05, 3.63) is 0 Å². The summed E-state index contributed by atoms with van der Waals surface area (Å²) in [5.74, 6) is 0.368. The van der Waals surface area contributed by atoms with E-state index in [-0.39, 0.29) is 11.0 Å². The Hall–Kier alpha value is -0.510. The minimum atomic E-state index is -0.369. The molecule has 1 heterocycles. The van der Waals surface area contributed by atoms with Crippen LogP contribution in [0.2, 0.25) is 0 Å². The van der Waals surface area contributed by atoms with Gasteiger partial charge in [0.05, 0.1) is 0 Å². The van der Waals surface area contributed by atoms with Crippen molar-refractivity contribution in [2.75, 3.05) is 19.3 Å². The van der Waals surface area contributed by atoms with Crippen molar-refractivity contribution in [3.8, 4) is 0 Å². The highest BCUT2D eigenvalue weighted by Gasteiger charge is 2.23. The number of thioether (sulfide) groups is 1. The molecule has 1 amide bonds. The number of carbonyl (C=O) groups excluding carboxylic acids is 2.